The molecule has 100 valence electrons. The first-order valence-corrected chi connectivity index (χ1v) is 5.94. The number of methoxy groups -OCH3 is 1. The van der Waals surface area contributed by atoms with Gasteiger partial charge in [-0.1, -0.05) is 13.8 Å². The highest BCUT2D eigenvalue weighted by atomic mass is 16.5. The average molecular weight is 253 g/mol. The molecule has 0 aliphatic carbocycles. The number of pyridine rings is 1. The number of hydrogen-bond acceptors (Lipinski definition) is 3. The lowest BCUT2D eigenvalue weighted by Gasteiger charge is -2.32. The van der Waals surface area contributed by atoms with E-state index in [0.29, 0.717) is 0 Å². The zero-order valence-corrected chi connectivity index (χ0v) is 11.2. The zero-order valence-electron chi connectivity index (χ0n) is 11.2. The van der Waals surface area contributed by atoms with Crippen molar-refractivity contribution in [1.29, 1.82) is 0 Å². The Morgan fingerprint density at radius 3 is 2.39 bits per heavy atom. The molecule has 5 heteroatoms. The molecule has 1 aromatic rings. The number of nitrogens with zero attached hydrogens (tertiary/aromatic N) is 1. The highest BCUT2D eigenvalue weighted by Gasteiger charge is 2.27. The lowest BCUT2D eigenvalue weighted by atomic mass is 9.94. The van der Waals surface area contributed by atoms with Gasteiger partial charge in [0.15, 0.2) is 5.75 Å². The Kier molecular flexibility index (Phi) is 4.16. The van der Waals surface area contributed by atoms with E-state index < -0.39 is 11.4 Å². The third-order valence-corrected chi connectivity index (χ3v) is 3.56. The van der Waals surface area contributed by atoms with Crippen LogP contribution < -0.4 is 10.2 Å². The van der Waals surface area contributed by atoms with Crippen LogP contribution in [0, 0.1) is 0 Å². The number of carboxylic acids is 1. The summed E-state index contributed by atoms with van der Waals surface area (Å²) < 4.78 is 6.60. The van der Waals surface area contributed by atoms with E-state index in [2.05, 4.69) is 0 Å². The van der Waals surface area contributed by atoms with Crippen LogP contribution in [0.5, 0.6) is 5.75 Å². The molecule has 1 rings (SSSR count). The van der Waals surface area contributed by atoms with Gasteiger partial charge in [0.2, 0.25) is 5.43 Å². The fourth-order valence-corrected chi connectivity index (χ4v) is 1.87. The Labute approximate surface area is 106 Å². The van der Waals surface area contributed by atoms with Gasteiger partial charge < -0.3 is 14.4 Å². The van der Waals surface area contributed by atoms with Crippen LogP contribution in [0.25, 0.3) is 0 Å². The highest BCUT2D eigenvalue weighted by molar-refractivity contribution is 5.85. The maximum absolute atomic E-state index is 11.6. The van der Waals surface area contributed by atoms with Crippen molar-refractivity contribution >= 4 is 5.97 Å². The van der Waals surface area contributed by atoms with Crippen molar-refractivity contribution in [3.8, 4) is 5.75 Å². The molecule has 1 heterocycles. The van der Waals surface area contributed by atoms with Crippen LogP contribution in [-0.2, 0) is 5.54 Å². The van der Waals surface area contributed by atoms with Gasteiger partial charge in [-0.05, 0) is 19.8 Å². The molecule has 0 saturated carbocycles. The van der Waals surface area contributed by atoms with Gasteiger partial charge in [0, 0.05) is 11.6 Å². The number of ether oxygens (including phenoxy) is 1. The Bertz CT molecular complexity index is 500. The van der Waals surface area contributed by atoms with E-state index in [1.165, 1.54) is 13.3 Å². The van der Waals surface area contributed by atoms with E-state index in [0.717, 1.165) is 18.9 Å². The molecule has 18 heavy (non-hydrogen) atoms. The van der Waals surface area contributed by atoms with E-state index in [4.69, 9.17) is 4.74 Å². The van der Waals surface area contributed by atoms with Gasteiger partial charge in [-0.2, -0.15) is 0 Å². The maximum atomic E-state index is 11.6. The topological polar surface area (TPSA) is 68.5 Å². The standard InChI is InChI=1S/C13H19NO4/c1-5-13(3,6-2)14-8-11(18-4)10(15)7-9(14)12(16)17/h7-8H,5-6H2,1-4H3,(H,16,17). The molecule has 0 unspecified atom stereocenters. The summed E-state index contributed by atoms with van der Waals surface area (Å²) in [4.78, 5) is 22.9. The van der Waals surface area contributed by atoms with Crippen LogP contribution in [0.2, 0.25) is 0 Å². The van der Waals surface area contributed by atoms with Gasteiger partial charge >= 0.3 is 5.97 Å². The normalized spacial score (nSPS) is 11.3. The molecule has 0 spiro atoms. The first-order chi connectivity index (χ1) is 8.39. The molecule has 0 amide bonds. The number of aromatic carboxylic acids is 1. The molecule has 0 aromatic carbocycles. The Morgan fingerprint density at radius 2 is 2.00 bits per heavy atom. The molecular weight excluding hydrogens is 234 g/mol. The third-order valence-electron chi connectivity index (χ3n) is 3.56. The summed E-state index contributed by atoms with van der Waals surface area (Å²) in [6.45, 7) is 5.93. The Hall–Kier alpha value is -1.78. The van der Waals surface area contributed by atoms with E-state index in [-0.39, 0.29) is 17.0 Å². The van der Waals surface area contributed by atoms with Crippen molar-refractivity contribution in [2.24, 2.45) is 0 Å². The number of aromatic nitrogens is 1. The van der Waals surface area contributed by atoms with Gasteiger partial charge in [0.25, 0.3) is 0 Å². The minimum atomic E-state index is -1.11. The number of carbonyl (C=O) groups is 1. The highest BCUT2D eigenvalue weighted by Crippen LogP contribution is 2.27. The number of hydrogen-bond donors (Lipinski definition) is 1. The summed E-state index contributed by atoms with van der Waals surface area (Å²) in [7, 11) is 1.40. The lowest BCUT2D eigenvalue weighted by Crippen LogP contribution is -2.33. The molecule has 0 bridgehead atoms. The molecule has 0 aliphatic rings. The van der Waals surface area contributed by atoms with E-state index in [1.807, 2.05) is 20.8 Å². The maximum Gasteiger partial charge on any atom is 0.352 e. The van der Waals surface area contributed by atoms with Crippen molar-refractivity contribution in [3.63, 3.8) is 0 Å². The van der Waals surface area contributed by atoms with E-state index in [1.54, 1.807) is 4.57 Å². The molecule has 0 fully saturated rings. The first-order valence-electron chi connectivity index (χ1n) is 5.94. The smallest absolute Gasteiger partial charge is 0.352 e. The lowest BCUT2D eigenvalue weighted by molar-refractivity contribution is 0.0672. The average Bonchev–Trinajstić information content (AvgIpc) is 2.37. The zero-order chi connectivity index (χ0) is 13.9. The molecule has 5 nitrogen and oxygen atoms in total. The molecule has 0 aliphatic heterocycles. The predicted octanol–water partition coefficient (Wildman–Crippen LogP) is 2.09. The summed E-state index contributed by atoms with van der Waals surface area (Å²) in [6, 6.07) is 1.12. The minimum absolute atomic E-state index is 0.00741. The van der Waals surface area contributed by atoms with Crippen molar-refractivity contribution in [3.05, 3.63) is 28.2 Å². The van der Waals surface area contributed by atoms with Crippen LogP contribution in [0.15, 0.2) is 17.1 Å². The first kappa shape index (κ1) is 14.3. The minimum Gasteiger partial charge on any atom is -0.491 e. The largest absolute Gasteiger partial charge is 0.491 e. The van der Waals surface area contributed by atoms with Crippen LogP contribution in [-0.4, -0.2) is 22.8 Å². The summed E-state index contributed by atoms with van der Waals surface area (Å²) in [5.41, 5.74) is -0.776. The molecule has 0 atom stereocenters. The van der Waals surface area contributed by atoms with E-state index >= 15 is 0 Å². The second kappa shape index (κ2) is 5.25. The fourth-order valence-electron chi connectivity index (χ4n) is 1.87. The molecule has 1 aromatic heterocycles. The summed E-state index contributed by atoms with van der Waals surface area (Å²) in [5.74, 6) is -0.948. The van der Waals surface area contributed by atoms with Gasteiger partial charge in [0.05, 0.1) is 13.3 Å². The van der Waals surface area contributed by atoms with Gasteiger partial charge in [0.1, 0.15) is 5.69 Å². The van der Waals surface area contributed by atoms with Crippen LogP contribution >= 0.6 is 0 Å². The van der Waals surface area contributed by atoms with Crippen LogP contribution in [0.4, 0.5) is 0 Å². The molecular formula is C13H19NO4. The number of rotatable bonds is 5. The van der Waals surface area contributed by atoms with Crippen LogP contribution in [0.1, 0.15) is 44.1 Å². The second-order valence-corrected chi connectivity index (χ2v) is 4.47. The van der Waals surface area contributed by atoms with Crippen molar-refractivity contribution in [2.45, 2.75) is 39.2 Å². The number of carboxylic acid groups (broad SMARTS) is 1. The Morgan fingerprint density at radius 1 is 1.44 bits per heavy atom. The quantitative estimate of drug-likeness (QED) is 0.872. The van der Waals surface area contributed by atoms with Crippen molar-refractivity contribution in [2.75, 3.05) is 7.11 Å². The summed E-state index contributed by atoms with van der Waals surface area (Å²) in [6.07, 6.45) is 3.00. The van der Waals surface area contributed by atoms with Crippen molar-refractivity contribution < 1.29 is 14.6 Å². The Balaban J connectivity index is 3.58. The predicted molar refractivity (Wildman–Crippen MR) is 68.4 cm³/mol. The summed E-state index contributed by atoms with van der Waals surface area (Å²) in [5, 5.41) is 9.21. The van der Waals surface area contributed by atoms with Crippen LogP contribution in [0.3, 0.4) is 0 Å². The summed E-state index contributed by atoms with van der Waals surface area (Å²) >= 11 is 0. The van der Waals surface area contributed by atoms with Crippen molar-refractivity contribution in [1.82, 2.24) is 4.57 Å². The third kappa shape index (κ3) is 2.39. The fraction of sp³-hybridized carbons (Fsp3) is 0.538. The molecule has 0 saturated heterocycles. The van der Waals surface area contributed by atoms with Gasteiger partial charge in [-0.25, -0.2) is 4.79 Å². The van der Waals surface area contributed by atoms with Gasteiger partial charge in [-0.3, -0.25) is 4.79 Å². The monoisotopic (exact) mass is 253 g/mol. The molecule has 1 N–H and O–H groups in total. The van der Waals surface area contributed by atoms with E-state index in [9.17, 15) is 14.7 Å². The second-order valence-electron chi connectivity index (χ2n) is 4.47. The van der Waals surface area contributed by atoms with Gasteiger partial charge in [-0.15, -0.1) is 0 Å². The SMILES string of the molecule is CCC(C)(CC)n1cc(OC)c(=O)cc1C(=O)O. The molecule has 0 radical (unpaired) electrons.